The minimum atomic E-state index is -2.00. The van der Waals surface area contributed by atoms with Gasteiger partial charge in [0.1, 0.15) is 36.0 Å². The van der Waals surface area contributed by atoms with Crippen LogP contribution in [-0.4, -0.2) is 95.8 Å². The number of aromatic nitrogens is 1. The van der Waals surface area contributed by atoms with Gasteiger partial charge in [-0.1, -0.05) is 99.9 Å². The van der Waals surface area contributed by atoms with E-state index in [2.05, 4.69) is 26.3 Å². The van der Waals surface area contributed by atoms with Gasteiger partial charge in [0.2, 0.25) is 29.4 Å². The molecule has 25 heteroatoms. The first kappa shape index (κ1) is 54.9. The number of rotatable bonds is 6. The molecule has 5 amide bonds. The number of nitrogens with one attached hydrogen (secondary N) is 5. The lowest BCUT2D eigenvalue weighted by molar-refractivity contribution is -0.150. The van der Waals surface area contributed by atoms with Gasteiger partial charge < -0.3 is 61.4 Å². The fourth-order valence-electron chi connectivity index (χ4n) is 9.04. The summed E-state index contributed by atoms with van der Waals surface area (Å²) >= 11 is 37.7. The first-order valence-electron chi connectivity index (χ1n) is 23.0. The van der Waals surface area contributed by atoms with Crippen molar-refractivity contribution >= 4 is 122 Å². The number of benzene rings is 6. The molecule has 6 aromatic carbocycles. The summed E-state index contributed by atoms with van der Waals surface area (Å²) in [7, 11) is 1.19. The standard InChI is InChI=1S/C53H38Cl6N6O13/c1-65-37(53(76)77)9-20-5-7-26(8-6-20)78-38-18-21-10-29(44(38)67)28-4-2-3-27-25(19-60-42(27)28)17-36(61-51(74)43(66)24-15-34(58)47(70)35(59)16-24)48(71)62-40(22-11-30(54)45(68)31(55)12-22)49(72)63-39(21)50(73)64-41(52(65)75)23-13-32(56)46(69)33(57)14-23/h2-8,10-16,18-19,36-37,39-41,60,67-70H,9,17H2,1H3,(H,61,74)(H,62,71)(H,63,72)(H,64,73)(H,76,77)/t36-,37+,39-,40-,41-/m1/s1. The number of aromatic amines is 1. The van der Waals surface area contributed by atoms with Crippen LogP contribution in [0.25, 0.3) is 22.0 Å². The molecule has 0 radical (unpaired) electrons. The van der Waals surface area contributed by atoms with Gasteiger partial charge in [0.05, 0.1) is 35.7 Å². The van der Waals surface area contributed by atoms with Crippen LogP contribution < -0.4 is 26.0 Å². The van der Waals surface area contributed by atoms with E-state index in [0.717, 1.165) is 41.3 Å². The molecule has 10 rings (SSSR count). The predicted molar refractivity (Wildman–Crippen MR) is 287 cm³/mol. The van der Waals surface area contributed by atoms with Crippen LogP contribution in [0, 0.1) is 0 Å². The summed E-state index contributed by atoms with van der Waals surface area (Å²) in [6, 6.07) is 10.7. The Morgan fingerprint density at radius 1 is 0.615 bits per heavy atom. The van der Waals surface area contributed by atoms with E-state index in [1.165, 1.54) is 37.5 Å². The Labute approximate surface area is 470 Å². The van der Waals surface area contributed by atoms with Gasteiger partial charge in [0.25, 0.3) is 5.91 Å². The number of phenols is 4. The summed E-state index contributed by atoms with van der Waals surface area (Å²) in [5, 5.41) is 62.4. The number of para-hydroxylation sites is 1. The van der Waals surface area contributed by atoms with E-state index in [0.29, 0.717) is 22.0 Å². The highest BCUT2D eigenvalue weighted by molar-refractivity contribution is 6.45. The molecule has 0 aliphatic carbocycles. The highest BCUT2D eigenvalue weighted by atomic mass is 35.5. The van der Waals surface area contributed by atoms with Crippen LogP contribution in [0.2, 0.25) is 30.1 Å². The normalized spacial score (nSPS) is 18.9. The Morgan fingerprint density at radius 3 is 1.69 bits per heavy atom. The van der Waals surface area contributed by atoms with Crippen LogP contribution in [0.4, 0.5) is 0 Å². The van der Waals surface area contributed by atoms with Crippen molar-refractivity contribution in [3.05, 3.63) is 161 Å². The highest BCUT2D eigenvalue weighted by Crippen LogP contribution is 2.45. The Balaban J connectivity index is 1.27. The Hall–Kier alpha value is -7.91. The van der Waals surface area contributed by atoms with Crippen LogP contribution >= 0.6 is 69.6 Å². The lowest BCUT2D eigenvalue weighted by atomic mass is 9.94. The second-order valence-electron chi connectivity index (χ2n) is 18.0. The second-order valence-corrected chi connectivity index (χ2v) is 20.5. The maximum absolute atomic E-state index is 15.4. The number of ether oxygens (including phenoxy) is 1. The SMILES string of the molecule is CN1C(=O)[C@@H](c2cc(Cl)c(O)c(Cl)c2)NC(=O)[C@@H]2NC(=O)[C@@H](c3cc(Cl)c(O)c(Cl)c3)NC(=O)[C@H](NC(=O)C(=O)c3cc(Cl)c(O)c(Cl)c3)Cc3c[nH]c4c(cccc34)-c3cc2cc(c3O)Oc2ccc(cc2)C[C@H]1C(=O)O. The van der Waals surface area contributed by atoms with Crippen molar-refractivity contribution in [2.24, 2.45) is 0 Å². The lowest BCUT2D eigenvalue weighted by Crippen LogP contribution is -2.53. The molecule has 0 unspecified atom stereocenters. The number of hydrogen-bond donors (Lipinski definition) is 10. The third-order valence-electron chi connectivity index (χ3n) is 13.1. The number of amides is 5. The van der Waals surface area contributed by atoms with Gasteiger partial charge in [-0.2, -0.15) is 0 Å². The van der Waals surface area contributed by atoms with Crippen molar-refractivity contribution in [1.82, 2.24) is 31.2 Å². The lowest BCUT2D eigenvalue weighted by Gasteiger charge is -2.31. The molecular formula is C53H38Cl6N6O13. The van der Waals surface area contributed by atoms with Crippen molar-refractivity contribution in [1.29, 1.82) is 0 Å². The molecule has 0 saturated heterocycles. The number of aliphatic carboxylic acids is 1. The van der Waals surface area contributed by atoms with E-state index in [1.54, 1.807) is 30.3 Å². The number of nitrogens with zero attached hydrogens (tertiary/aromatic N) is 1. The van der Waals surface area contributed by atoms with E-state index in [4.69, 9.17) is 74.3 Å². The third kappa shape index (κ3) is 10.7. The minimum Gasteiger partial charge on any atom is -0.505 e. The summed E-state index contributed by atoms with van der Waals surface area (Å²) in [6.07, 6.45) is 0.849. The average molecular weight is 1180 g/mol. The minimum absolute atomic E-state index is 0.000524. The van der Waals surface area contributed by atoms with Crippen LogP contribution in [0.1, 0.15) is 56.3 Å². The number of carbonyl (C=O) groups excluding carboxylic acids is 6. The molecule has 5 atom stereocenters. The summed E-state index contributed by atoms with van der Waals surface area (Å²) in [5.74, 6) is -11.0. The van der Waals surface area contributed by atoms with Crippen molar-refractivity contribution in [3.63, 3.8) is 0 Å². The Kier molecular flexibility index (Phi) is 15.4. The number of aromatic hydroxyl groups is 4. The molecule has 7 aromatic rings. The molecule has 78 heavy (non-hydrogen) atoms. The fourth-order valence-corrected chi connectivity index (χ4v) is 10.5. The van der Waals surface area contributed by atoms with E-state index < -0.39 is 111 Å². The molecule has 0 fully saturated rings. The number of likely N-dealkylation sites (N-methyl/N-ethyl adjacent to an activating group) is 1. The van der Waals surface area contributed by atoms with Crippen molar-refractivity contribution in [3.8, 4) is 45.6 Å². The van der Waals surface area contributed by atoms with Gasteiger partial charge in [-0.25, -0.2) is 4.79 Å². The number of H-pyrrole nitrogens is 1. The van der Waals surface area contributed by atoms with Crippen molar-refractivity contribution < 1.29 is 63.8 Å². The third-order valence-corrected chi connectivity index (χ3v) is 14.8. The number of Topliss-reactive ketones (excluding diaryl/α,β-unsaturated/α-hetero) is 1. The summed E-state index contributed by atoms with van der Waals surface area (Å²) in [5.41, 5.74) is 0.520. The molecule has 400 valence electrons. The fraction of sp³-hybridized carbons (Fsp3) is 0.151. The molecule has 19 nitrogen and oxygen atoms in total. The van der Waals surface area contributed by atoms with Crippen LogP contribution in [-0.2, 0) is 41.6 Å². The van der Waals surface area contributed by atoms with Gasteiger partial charge >= 0.3 is 5.97 Å². The Bertz CT molecular complexity index is 3640. The number of carboxylic acid groups (broad SMARTS) is 1. The highest BCUT2D eigenvalue weighted by Gasteiger charge is 2.39. The molecule has 4 heterocycles. The second kappa shape index (κ2) is 21.8. The molecule has 0 spiro atoms. The van der Waals surface area contributed by atoms with E-state index in [9.17, 15) is 49.5 Å². The number of halogens is 6. The van der Waals surface area contributed by atoms with Gasteiger partial charge in [-0.15, -0.1) is 0 Å². The van der Waals surface area contributed by atoms with Crippen LogP contribution in [0.3, 0.4) is 0 Å². The summed E-state index contributed by atoms with van der Waals surface area (Å²) in [6.45, 7) is 0. The molecular weight excluding hydrogens is 1140 g/mol. The topological polar surface area (TPSA) is 297 Å². The number of carboxylic acids is 1. The van der Waals surface area contributed by atoms with Gasteiger partial charge in [-0.3, -0.25) is 28.8 Å². The zero-order valence-electron chi connectivity index (χ0n) is 39.8. The molecule has 10 N–H and O–H groups in total. The number of ketones is 1. The monoisotopic (exact) mass is 1180 g/mol. The van der Waals surface area contributed by atoms with Gasteiger partial charge in [-0.05, 0) is 88.5 Å². The van der Waals surface area contributed by atoms with Crippen molar-refractivity contribution in [2.75, 3.05) is 7.05 Å². The number of hydrogen-bond acceptors (Lipinski definition) is 12. The van der Waals surface area contributed by atoms with E-state index in [1.807, 2.05) is 0 Å². The predicted octanol–water partition coefficient (Wildman–Crippen LogP) is 8.63. The zero-order chi connectivity index (χ0) is 56.2. The number of carbonyl (C=O) groups is 7. The quantitative estimate of drug-likeness (QED) is 0.0552. The summed E-state index contributed by atoms with van der Waals surface area (Å²) in [4.78, 5) is 105. The Morgan fingerprint density at radius 2 is 1.13 bits per heavy atom. The molecule has 3 aliphatic heterocycles. The molecule has 0 saturated carbocycles. The first-order valence-corrected chi connectivity index (χ1v) is 25.3. The smallest absolute Gasteiger partial charge is 0.326 e. The average Bonchev–Trinajstić information content (AvgIpc) is 3.82. The largest absolute Gasteiger partial charge is 0.505 e. The van der Waals surface area contributed by atoms with E-state index >= 15 is 9.59 Å². The first-order chi connectivity index (χ1) is 37.0. The van der Waals surface area contributed by atoms with Gasteiger partial charge in [0.15, 0.2) is 28.7 Å². The van der Waals surface area contributed by atoms with Crippen LogP contribution in [0.15, 0.2) is 97.2 Å². The molecule has 3 aliphatic rings. The molecule has 9 bridgehead atoms. The maximum atomic E-state index is 15.4. The number of fused-ring (bicyclic) bond motifs is 10. The number of phenolic OH excluding ortho intramolecular Hbond substituents is 4. The molecule has 1 aromatic heterocycles. The van der Waals surface area contributed by atoms with Crippen LogP contribution in [0.5, 0.6) is 34.5 Å². The van der Waals surface area contributed by atoms with E-state index in [-0.39, 0.29) is 71.4 Å². The van der Waals surface area contributed by atoms with Gasteiger partial charge in [0, 0.05) is 48.2 Å². The summed E-state index contributed by atoms with van der Waals surface area (Å²) < 4.78 is 6.31. The zero-order valence-corrected chi connectivity index (χ0v) is 44.3. The maximum Gasteiger partial charge on any atom is 0.326 e. The van der Waals surface area contributed by atoms with Crippen molar-refractivity contribution in [2.45, 2.75) is 43.1 Å².